The molecule has 2 heterocycles. The molecule has 1 fully saturated rings. The van der Waals surface area contributed by atoms with Gasteiger partial charge in [0.05, 0.1) is 6.42 Å². The van der Waals surface area contributed by atoms with E-state index in [-0.39, 0.29) is 18.4 Å². The maximum Gasteiger partial charge on any atom is 0.305 e. The average molecular weight is 313 g/mol. The molecule has 0 aliphatic carbocycles. The van der Waals surface area contributed by atoms with Gasteiger partial charge in [-0.25, -0.2) is 4.98 Å². The van der Waals surface area contributed by atoms with Crippen LogP contribution in [0.15, 0.2) is 22.8 Å². The monoisotopic (exact) mass is 312 g/mol. The second-order valence-electron chi connectivity index (χ2n) is 4.25. The van der Waals surface area contributed by atoms with Crippen LogP contribution in [0.1, 0.15) is 29.8 Å². The molecule has 2 rings (SSSR count). The Bertz CT molecular complexity index is 461. The lowest BCUT2D eigenvalue weighted by atomic mass is 10.1. The van der Waals surface area contributed by atoms with Gasteiger partial charge in [0.15, 0.2) is 0 Å². The average Bonchev–Trinajstić information content (AvgIpc) is 2.76. The lowest BCUT2D eigenvalue weighted by molar-refractivity contribution is -0.137. The van der Waals surface area contributed by atoms with Crippen LogP contribution in [0.5, 0.6) is 0 Å². The number of aromatic nitrogens is 1. The Morgan fingerprint density at radius 3 is 2.89 bits per heavy atom. The molecule has 0 saturated carbocycles. The molecule has 5 nitrogen and oxygen atoms in total. The van der Waals surface area contributed by atoms with Crippen molar-refractivity contribution in [1.82, 2.24) is 9.88 Å². The Morgan fingerprint density at radius 2 is 2.28 bits per heavy atom. The van der Waals surface area contributed by atoms with E-state index >= 15 is 0 Å². The summed E-state index contributed by atoms with van der Waals surface area (Å²) in [4.78, 5) is 28.6. The van der Waals surface area contributed by atoms with Crippen LogP contribution >= 0.6 is 15.9 Å². The number of rotatable bonds is 3. The first-order valence-corrected chi connectivity index (χ1v) is 6.51. The number of hydrogen-bond donors (Lipinski definition) is 1. The summed E-state index contributed by atoms with van der Waals surface area (Å²) in [6, 6.07) is 3.19. The first-order valence-electron chi connectivity index (χ1n) is 5.72. The lowest BCUT2D eigenvalue weighted by Gasteiger charge is -2.23. The summed E-state index contributed by atoms with van der Waals surface area (Å²) in [6.45, 7) is 0.606. The number of amides is 1. The molecule has 1 aromatic heterocycles. The van der Waals surface area contributed by atoms with Gasteiger partial charge in [-0.05, 0) is 40.9 Å². The van der Waals surface area contributed by atoms with Gasteiger partial charge in [-0.15, -0.1) is 0 Å². The molecule has 96 valence electrons. The van der Waals surface area contributed by atoms with Gasteiger partial charge in [0.25, 0.3) is 5.91 Å². The maximum atomic E-state index is 12.2. The number of likely N-dealkylation sites (tertiary alicyclic amines) is 1. The summed E-state index contributed by atoms with van der Waals surface area (Å²) in [5.41, 5.74) is 0.357. The first-order chi connectivity index (χ1) is 8.58. The molecule has 1 unspecified atom stereocenters. The van der Waals surface area contributed by atoms with E-state index in [4.69, 9.17) is 5.11 Å². The highest BCUT2D eigenvalue weighted by Gasteiger charge is 2.31. The molecule has 0 spiro atoms. The van der Waals surface area contributed by atoms with Crippen LogP contribution in [0.25, 0.3) is 0 Å². The highest BCUT2D eigenvalue weighted by Crippen LogP contribution is 2.22. The summed E-state index contributed by atoms with van der Waals surface area (Å²) < 4.78 is 0.808. The van der Waals surface area contributed by atoms with Crippen LogP contribution in [-0.4, -0.2) is 39.5 Å². The second kappa shape index (κ2) is 5.48. The number of halogens is 1. The third kappa shape index (κ3) is 2.87. The minimum Gasteiger partial charge on any atom is -0.481 e. The fourth-order valence-corrected chi connectivity index (χ4v) is 2.40. The number of aliphatic carboxylic acids is 1. The van der Waals surface area contributed by atoms with E-state index in [9.17, 15) is 9.59 Å². The fourth-order valence-electron chi connectivity index (χ4n) is 2.17. The molecule has 0 radical (unpaired) electrons. The quantitative estimate of drug-likeness (QED) is 0.925. The molecule has 6 heteroatoms. The Kier molecular flexibility index (Phi) is 3.96. The summed E-state index contributed by atoms with van der Waals surface area (Å²) in [7, 11) is 0. The van der Waals surface area contributed by atoms with E-state index in [0.717, 1.165) is 17.3 Å². The number of carboxylic acids is 1. The third-order valence-electron chi connectivity index (χ3n) is 2.99. The highest BCUT2D eigenvalue weighted by atomic mass is 79.9. The SMILES string of the molecule is O=C(O)CC1CCCN1C(=O)c1ccc(Br)cn1. The molecule has 1 N–H and O–H groups in total. The van der Waals surface area contributed by atoms with Crippen molar-refractivity contribution in [3.05, 3.63) is 28.5 Å². The normalized spacial score (nSPS) is 18.9. The smallest absolute Gasteiger partial charge is 0.305 e. The van der Waals surface area contributed by atoms with E-state index in [0.29, 0.717) is 12.2 Å². The van der Waals surface area contributed by atoms with Gasteiger partial charge in [-0.3, -0.25) is 9.59 Å². The van der Waals surface area contributed by atoms with Crippen LogP contribution in [0.2, 0.25) is 0 Å². The summed E-state index contributed by atoms with van der Waals surface area (Å²) >= 11 is 3.26. The van der Waals surface area contributed by atoms with Crippen molar-refractivity contribution in [3.63, 3.8) is 0 Å². The van der Waals surface area contributed by atoms with E-state index in [1.807, 2.05) is 0 Å². The van der Waals surface area contributed by atoms with Crippen LogP contribution in [0, 0.1) is 0 Å². The molecular weight excluding hydrogens is 300 g/mol. The van der Waals surface area contributed by atoms with E-state index in [1.165, 1.54) is 0 Å². The highest BCUT2D eigenvalue weighted by molar-refractivity contribution is 9.10. The van der Waals surface area contributed by atoms with Crippen molar-refractivity contribution in [2.45, 2.75) is 25.3 Å². The topological polar surface area (TPSA) is 70.5 Å². The van der Waals surface area contributed by atoms with Crippen molar-refractivity contribution in [2.75, 3.05) is 6.54 Å². The number of pyridine rings is 1. The summed E-state index contributed by atoms with van der Waals surface area (Å²) in [5, 5.41) is 8.82. The van der Waals surface area contributed by atoms with Crippen molar-refractivity contribution in [3.8, 4) is 0 Å². The molecule has 0 bridgehead atoms. The van der Waals surface area contributed by atoms with Crippen LogP contribution in [0.3, 0.4) is 0 Å². The number of carbonyl (C=O) groups excluding carboxylic acids is 1. The van der Waals surface area contributed by atoms with Crippen LogP contribution in [-0.2, 0) is 4.79 Å². The largest absolute Gasteiger partial charge is 0.481 e. The van der Waals surface area contributed by atoms with Gasteiger partial charge in [0.1, 0.15) is 5.69 Å². The molecule has 1 aliphatic heterocycles. The molecule has 1 aromatic rings. The first kappa shape index (κ1) is 13.0. The summed E-state index contributed by atoms with van der Waals surface area (Å²) in [5.74, 6) is -1.06. The van der Waals surface area contributed by atoms with Crippen LogP contribution < -0.4 is 0 Å². The van der Waals surface area contributed by atoms with E-state index in [2.05, 4.69) is 20.9 Å². The number of carbonyl (C=O) groups is 2. The Labute approximate surface area is 113 Å². The minimum absolute atomic E-state index is 0.00225. The van der Waals surface area contributed by atoms with Gasteiger partial charge in [0, 0.05) is 23.3 Å². The van der Waals surface area contributed by atoms with Crippen LogP contribution in [0.4, 0.5) is 0 Å². The standard InChI is InChI=1S/C12H13BrN2O3/c13-8-3-4-10(14-7-8)12(18)15-5-1-2-9(15)6-11(16)17/h3-4,7,9H,1-2,5-6H2,(H,16,17). The summed E-state index contributed by atoms with van der Waals surface area (Å²) in [6.07, 6.45) is 3.16. The van der Waals surface area contributed by atoms with Crippen molar-refractivity contribution < 1.29 is 14.7 Å². The predicted molar refractivity (Wildman–Crippen MR) is 68.2 cm³/mol. The molecule has 1 aliphatic rings. The Hall–Kier alpha value is -1.43. The number of hydrogen-bond acceptors (Lipinski definition) is 3. The Morgan fingerprint density at radius 1 is 1.50 bits per heavy atom. The van der Waals surface area contributed by atoms with Gasteiger partial charge in [0.2, 0.25) is 0 Å². The van der Waals surface area contributed by atoms with Gasteiger partial charge >= 0.3 is 5.97 Å². The van der Waals surface area contributed by atoms with Gasteiger partial charge in [-0.1, -0.05) is 0 Å². The number of nitrogens with zero attached hydrogens (tertiary/aromatic N) is 2. The lowest BCUT2D eigenvalue weighted by Crippen LogP contribution is -2.37. The van der Waals surface area contributed by atoms with E-state index < -0.39 is 5.97 Å². The molecular formula is C12H13BrN2O3. The zero-order valence-corrected chi connectivity index (χ0v) is 11.3. The second-order valence-corrected chi connectivity index (χ2v) is 5.17. The molecule has 0 aromatic carbocycles. The van der Waals surface area contributed by atoms with Crippen molar-refractivity contribution >= 4 is 27.8 Å². The zero-order chi connectivity index (χ0) is 13.1. The third-order valence-corrected chi connectivity index (χ3v) is 3.46. The van der Waals surface area contributed by atoms with Crippen molar-refractivity contribution in [1.29, 1.82) is 0 Å². The molecule has 1 atom stereocenters. The molecule has 18 heavy (non-hydrogen) atoms. The zero-order valence-electron chi connectivity index (χ0n) is 9.67. The molecule has 1 amide bonds. The van der Waals surface area contributed by atoms with Gasteiger partial charge in [-0.2, -0.15) is 0 Å². The maximum absolute atomic E-state index is 12.2. The van der Waals surface area contributed by atoms with Gasteiger partial charge < -0.3 is 10.0 Å². The van der Waals surface area contributed by atoms with E-state index in [1.54, 1.807) is 23.2 Å². The Balaban J connectivity index is 2.12. The predicted octanol–water partition coefficient (Wildman–Crippen LogP) is 1.92. The number of carboxylic acid groups (broad SMARTS) is 1. The minimum atomic E-state index is -0.872. The van der Waals surface area contributed by atoms with Crippen molar-refractivity contribution in [2.24, 2.45) is 0 Å². The fraction of sp³-hybridized carbons (Fsp3) is 0.417. The molecule has 1 saturated heterocycles.